The van der Waals surface area contributed by atoms with Gasteiger partial charge in [-0.1, -0.05) is 29.8 Å². The molecule has 1 N–H and O–H groups in total. The van der Waals surface area contributed by atoms with Crippen LogP contribution in [0.5, 0.6) is 0 Å². The maximum atomic E-state index is 11.8. The van der Waals surface area contributed by atoms with Gasteiger partial charge in [-0.15, -0.1) is 0 Å². The molecule has 1 rings (SSSR count). The minimum atomic E-state index is 0.210. The molecule has 3 nitrogen and oxygen atoms in total. The summed E-state index contributed by atoms with van der Waals surface area (Å²) in [6, 6.07) is 8.28. The summed E-state index contributed by atoms with van der Waals surface area (Å²) >= 11 is 0. The van der Waals surface area contributed by atoms with Gasteiger partial charge in [0.05, 0.1) is 0 Å². The molecule has 0 aliphatic carbocycles. The van der Waals surface area contributed by atoms with E-state index in [-0.39, 0.29) is 5.91 Å². The lowest BCUT2D eigenvalue weighted by molar-refractivity contribution is -0.130. The van der Waals surface area contributed by atoms with E-state index in [4.69, 9.17) is 0 Å². The van der Waals surface area contributed by atoms with Crippen LogP contribution < -0.4 is 5.32 Å². The van der Waals surface area contributed by atoms with Gasteiger partial charge in [-0.05, 0) is 32.5 Å². The molecule has 0 aromatic heterocycles. The second kappa shape index (κ2) is 7.07. The maximum Gasteiger partial charge on any atom is 0.222 e. The first kappa shape index (κ1) is 13.7. The van der Waals surface area contributed by atoms with E-state index in [1.165, 1.54) is 11.1 Å². The first-order chi connectivity index (χ1) is 8.13. The van der Waals surface area contributed by atoms with Crippen LogP contribution >= 0.6 is 0 Å². The molecule has 0 heterocycles. The summed E-state index contributed by atoms with van der Waals surface area (Å²) in [4.78, 5) is 13.6. The van der Waals surface area contributed by atoms with Gasteiger partial charge in [0.2, 0.25) is 5.91 Å². The highest BCUT2D eigenvalue weighted by molar-refractivity contribution is 5.75. The molecule has 1 amide bonds. The fraction of sp³-hybridized carbons (Fsp3) is 0.500. The summed E-state index contributed by atoms with van der Waals surface area (Å²) in [7, 11) is 3.77. The van der Waals surface area contributed by atoms with E-state index in [1.807, 2.05) is 20.2 Å². The zero-order valence-electron chi connectivity index (χ0n) is 11.0. The lowest BCUT2D eigenvalue weighted by atomic mass is 10.1. The number of carbonyl (C=O) groups excluding carboxylic acids is 1. The average Bonchev–Trinajstić information content (AvgIpc) is 2.29. The van der Waals surface area contributed by atoms with Gasteiger partial charge in [-0.2, -0.15) is 0 Å². The van der Waals surface area contributed by atoms with Crippen LogP contribution in [0.2, 0.25) is 0 Å². The molecule has 0 fully saturated rings. The lowest BCUT2D eigenvalue weighted by Crippen LogP contribution is -2.26. The first-order valence-electron chi connectivity index (χ1n) is 6.07. The van der Waals surface area contributed by atoms with Gasteiger partial charge in [-0.3, -0.25) is 4.79 Å². The standard InChI is InChI=1S/C14H22N2O/c1-12-6-4-7-13(10-12)11-16(3)14(17)8-5-9-15-2/h4,6-7,10,15H,5,8-9,11H2,1-3H3. The fourth-order valence-corrected chi connectivity index (χ4v) is 1.78. The third kappa shape index (κ3) is 5.00. The second-order valence-electron chi connectivity index (χ2n) is 4.45. The SMILES string of the molecule is CNCCCC(=O)N(C)Cc1cccc(C)c1. The first-order valence-corrected chi connectivity index (χ1v) is 6.07. The number of hydrogen-bond donors (Lipinski definition) is 1. The van der Waals surface area contributed by atoms with Crippen molar-refractivity contribution in [2.75, 3.05) is 20.6 Å². The molecule has 0 bridgehead atoms. The molecule has 17 heavy (non-hydrogen) atoms. The Morgan fingerprint density at radius 3 is 2.82 bits per heavy atom. The van der Waals surface area contributed by atoms with E-state index in [0.29, 0.717) is 13.0 Å². The van der Waals surface area contributed by atoms with Crippen LogP contribution in [0.4, 0.5) is 0 Å². The number of amides is 1. The Morgan fingerprint density at radius 2 is 2.18 bits per heavy atom. The number of aryl methyl sites for hydroxylation is 1. The van der Waals surface area contributed by atoms with Gasteiger partial charge in [0.15, 0.2) is 0 Å². The van der Waals surface area contributed by atoms with Gasteiger partial charge in [0.1, 0.15) is 0 Å². The van der Waals surface area contributed by atoms with Crippen LogP contribution in [0, 0.1) is 6.92 Å². The molecule has 0 saturated heterocycles. The predicted molar refractivity (Wildman–Crippen MR) is 70.8 cm³/mol. The number of hydrogen-bond acceptors (Lipinski definition) is 2. The number of benzene rings is 1. The summed E-state index contributed by atoms with van der Waals surface area (Å²) in [5, 5.41) is 3.05. The van der Waals surface area contributed by atoms with Gasteiger partial charge < -0.3 is 10.2 Å². The van der Waals surface area contributed by atoms with E-state index < -0.39 is 0 Å². The third-order valence-corrected chi connectivity index (χ3v) is 2.75. The second-order valence-corrected chi connectivity index (χ2v) is 4.45. The highest BCUT2D eigenvalue weighted by Crippen LogP contribution is 2.07. The molecular weight excluding hydrogens is 212 g/mol. The molecule has 0 spiro atoms. The third-order valence-electron chi connectivity index (χ3n) is 2.75. The van der Waals surface area contributed by atoms with Crippen molar-refractivity contribution >= 4 is 5.91 Å². The van der Waals surface area contributed by atoms with Crippen molar-refractivity contribution in [2.45, 2.75) is 26.3 Å². The molecule has 3 heteroatoms. The average molecular weight is 234 g/mol. The van der Waals surface area contributed by atoms with Crippen molar-refractivity contribution in [1.29, 1.82) is 0 Å². The van der Waals surface area contributed by atoms with Crippen molar-refractivity contribution in [2.24, 2.45) is 0 Å². The topological polar surface area (TPSA) is 32.3 Å². The molecule has 94 valence electrons. The summed E-state index contributed by atoms with van der Waals surface area (Å²) in [6.07, 6.45) is 1.51. The molecule has 1 aromatic rings. The van der Waals surface area contributed by atoms with Crippen molar-refractivity contribution in [1.82, 2.24) is 10.2 Å². The molecule has 0 radical (unpaired) electrons. The van der Waals surface area contributed by atoms with Gasteiger partial charge >= 0.3 is 0 Å². The van der Waals surface area contributed by atoms with E-state index in [0.717, 1.165) is 13.0 Å². The fourth-order valence-electron chi connectivity index (χ4n) is 1.78. The van der Waals surface area contributed by atoms with Crippen LogP contribution in [0.1, 0.15) is 24.0 Å². The molecule has 1 aromatic carbocycles. The summed E-state index contributed by atoms with van der Waals surface area (Å²) in [6.45, 7) is 3.66. The Labute approximate surface area is 104 Å². The van der Waals surface area contributed by atoms with Crippen LogP contribution in [0.15, 0.2) is 24.3 Å². The van der Waals surface area contributed by atoms with E-state index >= 15 is 0 Å². The molecule has 0 atom stereocenters. The summed E-state index contributed by atoms with van der Waals surface area (Å²) in [5.74, 6) is 0.210. The minimum absolute atomic E-state index is 0.210. The number of nitrogens with zero attached hydrogens (tertiary/aromatic N) is 1. The Bertz CT molecular complexity index is 363. The number of rotatable bonds is 6. The largest absolute Gasteiger partial charge is 0.341 e. The van der Waals surface area contributed by atoms with Crippen molar-refractivity contribution in [3.63, 3.8) is 0 Å². The van der Waals surface area contributed by atoms with Crippen molar-refractivity contribution < 1.29 is 4.79 Å². The molecule has 0 saturated carbocycles. The Morgan fingerprint density at radius 1 is 1.41 bits per heavy atom. The minimum Gasteiger partial charge on any atom is -0.341 e. The predicted octanol–water partition coefficient (Wildman–Crippen LogP) is 1.95. The summed E-state index contributed by atoms with van der Waals surface area (Å²) < 4.78 is 0. The molecule has 0 aliphatic heterocycles. The Hall–Kier alpha value is -1.35. The molecule has 0 unspecified atom stereocenters. The maximum absolute atomic E-state index is 11.8. The van der Waals surface area contributed by atoms with Crippen LogP contribution in [-0.4, -0.2) is 31.4 Å². The monoisotopic (exact) mass is 234 g/mol. The zero-order chi connectivity index (χ0) is 12.7. The summed E-state index contributed by atoms with van der Waals surface area (Å²) in [5.41, 5.74) is 2.42. The highest BCUT2D eigenvalue weighted by Gasteiger charge is 2.08. The van der Waals surface area contributed by atoms with Gasteiger partial charge in [0, 0.05) is 20.0 Å². The number of carbonyl (C=O) groups is 1. The highest BCUT2D eigenvalue weighted by atomic mass is 16.2. The molecular formula is C14H22N2O. The Balaban J connectivity index is 2.43. The van der Waals surface area contributed by atoms with Crippen molar-refractivity contribution in [3.05, 3.63) is 35.4 Å². The van der Waals surface area contributed by atoms with E-state index in [1.54, 1.807) is 4.90 Å². The quantitative estimate of drug-likeness (QED) is 0.763. The van der Waals surface area contributed by atoms with Crippen LogP contribution in [0.25, 0.3) is 0 Å². The smallest absolute Gasteiger partial charge is 0.222 e. The lowest BCUT2D eigenvalue weighted by Gasteiger charge is -2.17. The van der Waals surface area contributed by atoms with E-state index in [2.05, 4.69) is 30.4 Å². The van der Waals surface area contributed by atoms with Crippen molar-refractivity contribution in [3.8, 4) is 0 Å². The van der Waals surface area contributed by atoms with Gasteiger partial charge in [-0.25, -0.2) is 0 Å². The number of nitrogens with one attached hydrogen (secondary N) is 1. The van der Waals surface area contributed by atoms with Gasteiger partial charge in [0.25, 0.3) is 0 Å². The van der Waals surface area contributed by atoms with E-state index in [9.17, 15) is 4.79 Å². The Kier molecular flexibility index (Phi) is 5.70. The zero-order valence-corrected chi connectivity index (χ0v) is 11.0. The normalized spacial score (nSPS) is 10.3. The van der Waals surface area contributed by atoms with Crippen LogP contribution in [-0.2, 0) is 11.3 Å². The van der Waals surface area contributed by atoms with Crippen LogP contribution in [0.3, 0.4) is 0 Å². The molecule has 0 aliphatic rings.